The Morgan fingerprint density at radius 1 is 1.00 bits per heavy atom. The number of rotatable bonds is 4. The first kappa shape index (κ1) is 12.7. The highest BCUT2D eigenvalue weighted by atomic mass is 15.1. The fourth-order valence-corrected chi connectivity index (χ4v) is 1.93. The largest absolute Gasteiger partial charge is 0.324 e. The Bertz CT molecular complexity index is 477. The van der Waals surface area contributed by atoms with Gasteiger partial charge in [-0.2, -0.15) is 10.2 Å². The monoisotopic (exact) mass is 241 g/mol. The lowest BCUT2D eigenvalue weighted by Crippen LogP contribution is -2.13. The van der Waals surface area contributed by atoms with Crippen molar-refractivity contribution in [1.82, 2.24) is 10.2 Å². The predicted molar refractivity (Wildman–Crippen MR) is 73.2 cm³/mol. The van der Waals surface area contributed by atoms with Crippen LogP contribution in [0, 0.1) is 0 Å². The molecular formula is C15H19N3. The second kappa shape index (κ2) is 5.74. The zero-order valence-corrected chi connectivity index (χ0v) is 10.9. The van der Waals surface area contributed by atoms with Crippen LogP contribution in [0.3, 0.4) is 0 Å². The molecule has 1 unspecified atom stereocenters. The fourth-order valence-electron chi connectivity index (χ4n) is 1.93. The SMILES string of the molecule is CC(C)c1ccc(CC(N)c2ccnnc2)cc1. The minimum Gasteiger partial charge on any atom is -0.324 e. The van der Waals surface area contributed by atoms with Crippen LogP contribution in [0.25, 0.3) is 0 Å². The van der Waals surface area contributed by atoms with Crippen LogP contribution in [0.5, 0.6) is 0 Å². The summed E-state index contributed by atoms with van der Waals surface area (Å²) in [5.41, 5.74) is 9.80. The molecule has 0 saturated carbocycles. The van der Waals surface area contributed by atoms with E-state index in [0.717, 1.165) is 12.0 Å². The maximum atomic E-state index is 6.16. The Kier molecular flexibility index (Phi) is 4.05. The molecule has 3 nitrogen and oxygen atoms in total. The summed E-state index contributed by atoms with van der Waals surface area (Å²) in [6.07, 6.45) is 4.23. The van der Waals surface area contributed by atoms with Crippen molar-refractivity contribution in [1.29, 1.82) is 0 Å². The van der Waals surface area contributed by atoms with Crippen molar-refractivity contribution >= 4 is 0 Å². The van der Waals surface area contributed by atoms with E-state index >= 15 is 0 Å². The van der Waals surface area contributed by atoms with Crippen molar-refractivity contribution in [3.63, 3.8) is 0 Å². The summed E-state index contributed by atoms with van der Waals surface area (Å²) < 4.78 is 0. The van der Waals surface area contributed by atoms with Crippen molar-refractivity contribution in [2.45, 2.75) is 32.2 Å². The van der Waals surface area contributed by atoms with Gasteiger partial charge in [0.15, 0.2) is 0 Å². The summed E-state index contributed by atoms with van der Waals surface area (Å²) in [7, 11) is 0. The van der Waals surface area contributed by atoms with Crippen LogP contribution in [0.1, 0.15) is 42.5 Å². The first-order valence-electron chi connectivity index (χ1n) is 6.28. The van der Waals surface area contributed by atoms with Gasteiger partial charge >= 0.3 is 0 Å². The van der Waals surface area contributed by atoms with Crippen molar-refractivity contribution in [2.24, 2.45) is 5.73 Å². The second-order valence-corrected chi connectivity index (χ2v) is 4.88. The van der Waals surface area contributed by atoms with Gasteiger partial charge in [-0.1, -0.05) is 38.1 Å². The fraction of sp³-hybridized carbons (Fsp3) is 0.333. The zero-order chi connectivity index (χ0) is 13.0. The molecule has 3 heteroatoms. The van der Waals surface area contributed by atoms with Crippen molar-refractivity contribution in [2.75, 3.05) is 0 Å². The van der Waals surface area contributed by atoms with Gasteiger partial charge in [0.2, 0.25) is 0 Å². The third-order valence-electron chi connectivity index (χ3n) is 3.14. The van der Waals surface area contributed by atoms with Gasteiger partial charge in [-0.25, -0.2) is 0 Å². The highest BCUT2D eigenvalue weighted by Crippen LogP contribution is 2.18. The molecule has 1 heterocycles. The molecule has 2 N–H and O–H groups in total. The first-order chi connectivity index (χ1) is 8.66. The van der Waals surface area contributed by atoms with Crippen LogP contribution in [-0.2, 0) is 6.42 Å². The van der Waals surface area contributed by atoms with Crippen molar-refractivity contribution < 1.29 is 0 Å². The quantitative estimate of drug-likeness (QED) is 0.895. The highest BCUT2D eigenvalue weighted by molar-refractivity contribution is 5.26. The molecule has 2 aromatic rings. The van der Waals surface area contributed by atoms with Crippen LogP contribution in [0.4, 0.5) is 0 Å². The van der Waals surface area contributed by atoms with E-state index in [0.29, 0.717) is 5.92 Å². The van der Waals surface area contributed by atoms with E-state index in [1.807, 2.05) is 6.07 Å². The lowest BCUT2D eigenvalue weighted by atomic mass is 9.97. The minimum absolute atomic E-state index is 0.0228. The molecule has 0 radical (unpaired) electrons. The summed E-state index contributed by atoms with van der Waals surface area (Å²) in [6.45, 7) is 4.40. The van der Waals surface area contributed by atoms with Gasteiger partial charge < -0.3 is 5.73 Å². The lowest BCUT2D eigenvalue weighted by molar-refractivity contribution is 0.712. The number of nitrogens with two attached hydrogens (primary N) is 1. The first-order valence-corrected chi connectivity index (χ1v) is 6.28. The Labute approximate surface area is 108 Å². The van der Waals surface area contributed by atoms with Gasteiger partial charge in [-0.05, 0) is 35.1 Å². The Balaban J connectivity index is 2.05. The van der Waals surface area contributed by atoms with Crippen molar-refractivity contribution in [3.8, 4) is 0 Å². The zero-order valence-electron chi connectivity index (χ0n) is 10.9. The summed E-state index contributed by atoms with van der Waals surface area (Å²) in [5.74, 6) is 0.567. The number of hydrogen-bond acceptors (Lipinski definition) is 3. The third-order valence-corrected chi connectivity index (χ3v) is 3.14. The van der Waals surface area contributed by atoms with E-state index in [1.165, 1.54) is 11.1 Å². The van der Waals surface area contributed by atoms with Crippen LogP contribution < -0.4 is 5.73 Å². The molecule has 1 atom stereocenters. The topological polar surface area (TPSA) is 51.8 Å². The maximum Gasteiger partial charge on any atom is 0.0544 e. The average Bonchev–Trinajstić information content (AvgIpc) is 2.40. The molecule has 0 spiro atoms. The van der Waals surface area contributed by atoms with Crippen LogP contribution >= 0.6 is 0 Å². The summed E-state index contributed by atoms with van der Waals surface area (Å²) in [6, 6.07) is 10.6. The van der Waals surface area contributed by atoms with E-state index in [1.54, 1.807) is 12.4 Å². The Morgan fingerprint density at radius 3 is 2.28 bits per heavy atom. The standard InChI is InChI=1S/C15H19N3/c1-11(2)13-5-3-12(4-6-13)9-15(16)14-7-8-17-18-10-14/h3-8,10-11,15H,9,16H2,1-2H3. The second-order valence-electron chi connectivity index (χ2n) is 4.88. The molecule has 0 saturated heterocycles. The van der Waals surface area contributed by atoms with Gasteiger partial charge in [0.25, 0.3) is 0 Å². The molecule has 18 heavy (non-hydrogen) atoms. The molecule has 1 aromatic heterocycles. The number of benzene rings is 1. The molecule has 0 bridgehead atoms. The van der Waals surface area contributed by atoms with Gasteiger partial charge in [0.1, 0.15) is 0 Å². The summed E-state index contributed by atoms with van der Waals surface area (Å²) in [4.78, 5) is 0. The Hall–Kier alpha value is -1.74. The summed E-state index contributed by atoms with van der Waals surface area (Å²) in [5, 5.41) is 7.61. The molecule has 0 aliphatic heterocycles. The van der Waals surface area contributed by atoms with E-state index in [2.05, 4.69) is 48.3 Å². The number of hydrogen-bond donors (Lipinski definition) is 1. The minimum atomic E-state index is -0.0228. The molecular weight excluding hydrogens is 222 g/mol. The number of nitrogens with zero attached hydrogens (tertiary/aromatic N) is 2. The lowest BCUT2D eigenvalue weighted by Gasteiger charge is -2.12. The number of aromatic nitrogens is 2. The van der Waals surface area contributed by atoms with Crippen LogP contribution in [0.2, 0.25) is 0 Å². The highest BCUT2D eigenvalue weighted by Gasteiger charge is 2.07. The van der Waals surface area contributed by atoms with Gasteiger partial charge in [0.05, 0.1) is 6.20 Å². The molecule has 0 aliphatic rings. The molecule has 2 rings (SSSR count). The molecule has 0 aliphatic carbocycles. The van der Waals surface area contributed by atoms with E-state index in [-0.39, 0.29) is 6.04 Å². The predicted octanol–water partition coefficient (Wildman–Crippen LogP) is 2.84. The van der Waals surface area contributed by atoms with E-state index in [9.17, 15) is 0 Å². The maximum absolute atomic E-state index is 6.16. The van der Waals surface area contributed by atoms with E-state index < -0.39 is 0 Å². The molecule has 94 valence electrons. The molecule has 0 amide bonds. The van der Waals surface area contributed by atoms with Gasteiger partial charge in [-0.15, -0.1) is 0 Å². The van der Waals surface area contributed by atoms with Crippen LogP contribution in [0.15, 0.2) is 42.7 Å². The Morgan fingerprint density at radius 2 is 1.72 bits per heavy atom. The van der Waals surface area contributed by atoms with Gasteiger partial charge in [0, 0.05) is 12.2 Å². The smallest absolute Gasteiger partial charge is 0.0544 e. The van der Waals surface area contributed by atoms with E-state index in [4.69, 9.17) is 5.73 Å². The third kappa shape index (κ3) is 3.14. The van der Waals surface area contributed by atoms with Gasteiger partial charge in [-0.3, -0.25) is 0 Å². The normalized spacial score (nSPS) is 12.7. The van der Waals surface area contributed by atoms with Crippen molar-refractivity contribution in [3.05, 3.63) is 59.4 Å². The average molecular weight is 241 g/mol. The molecule has 0 fully saturated rings. The van der Waals surface area contributed by atoms with Crippen LogP contribution in [-0.4, -0.2) is 10.2 Å². The molecule has 1 aromatic carbocycles. The summed E-state index contributed by atoms with van der Waals surface area (Å²) >= 11 is 0.